The summed E-state index contributed by atoms with van der Waals surface area (Å²) in [6, 6.07) is 7.09. The number of carbonyl (C=O) groups is 1. The number of rotatable bonds is 7. The molecule has 9 heteroatoms. The third-order valence-corrected chi connectivity index (χ3v) is 8.32. The van der Waals surface area contributed by atoms with Gasteiger partial charge < -0.3 is 14.5 Å². The summed E-state index contributed by atoms with van der Waals surface area (Å²) in [5.74, 6) is 3.13. The number of piperazine rings is 1. The smallest absolute Gasteiger partial charge is 0.260 e. The number of nitrogens with zero attached hydrogens (tertiary/aromatic N) is 5. The number of hydrogen-bond acceptors (Lipinski definition) is 7. The Morgan fingerprint density at radius 3 is 2.56 bits per heavy atom. The molecule has 0 spiro atoms. The number of aromatic nitrogens is 2. The van der Waals surface area contributed by atoms with Crippen molar-refractivity contribution in [3.63, 3.8) is 0 Å². The first kappa shape index (κ1) is 25.2. The minimum Gasteiger partial charge on any atom is -0.484 e. The van der Waals surface area contributed by atoms with Crippen molar-refractivity contribution in [3.8, 4) is 5.75 Å². The number of benzene rings is 1. The molecule has 0 N–H and O–H groups in total. The van der Waals surface area contributed by atoms with Crippen LogP contribution in [0, 0.1) is 5.92 Å². The second kappa shape index (κ2) is 10.9. The van der Waals surface area contributed by atoms with Crippen LogP contribution in [0.2, 0.25) is 5.02 Å². The molecule has 2 aliphatic heterocycles. The van der Waals surface area contributed by atoms with Gasteiger partial charge in [-0.15, -0.1) is 11.3 Å². The lowest BCUT2D eigenvalue weighted by atomic mass is 10.0. The lowest BCUT2D eigenvalue weighted by Crippen LogP contribution is -2.50. The molecule has 0 aliphatic carbocycles. The van der Waals surface area contributed by atoms with Gasteiger partial charge in [0.15, 0.2) is 6.61 Å². The maximum Gasteiger partial charge on any atom is 0.260 e. The second-order valence-corrected chi connectivity index (χ2v) is 11.5. The molecule has 1 saturated heterocycles. The van der Waals surface area contributed by atoms with E-state index in [9.17, 15) is 4.79 Å². The van der Waals surface area contributed by atoms with Gasteiger partial charge in [-0.2, -0.15) is 0 Å². The molecule has 1 amide bonds. The maximum absolute atomic E-state index is 12.8. The summed E-state index contributed by atoms with van der Waals surface area (Å²) in [6.45, 7) is 12.7. The van der Waals surface area contributed by atoms with E-state index in [0.29, 0.717) is 29.8 Å². The molecule has 7 nitrogen and oxygen atoms in total. The second-order valence-electron chi connectivity index (χ2n) is 9.97. The summed E-state index contributed by atoms with van der Waals surface area (Å²) in [5.41, 5.74) is 1.43. The van der Waals surface area contributed by atoms with Crippen LogP contribution >= 0.6 is 22.9 Å². The minimum absolute atomic E-state index is 0.00509. The number of thiophene rings is 1. The average molecular weight is 528 g/mol. The lowest BCUT2D eigenvalue weighted by molar-refractivity contribution is -0.133. The molecular weight excluding hydrogens is 494 g/mol. The van der Waals surface area contributed by atoms with Gasteiger partial charge in [-0.05, 0) is 48.7 Å². The predicted octanol–water partition coefficient (Wildman–Crippen LogP) is 4.65. The van der Waals surface area contributed by atoms with Crippen molar-refractivity contribution >= 4 is 44.9 Å². The predicted molar refractivity (Wildman–Crippen MR) is 146 cm³/mol. The van der Waals surface area contributed by atoms with Crippen LogP contribution in [-0.4, -0.2) is 71.6 Å². The lowest BCUT2D eigenvalue weighted by Gasteiger charge is -2.36. The molecule has 5 rings (SSSR count). The summed E-state index contributed by atoms with van der Waals surface area (Å²) < 4.78 is 5.68. The Kier molecular flexibility index (Phi) is 7.65. The first-order valence-electron chi connectivity index (χ1n) is 12.9. The molecule has 3 aromatic rings. The van der Waals surface area contributed by atoms with Gasteiger partial charge in [0.1, 0.15) is 22.2 Å². The maximum atomic E-state index is 12.8. The van der Waals surface area contributed by atoms with E-state index in [-0.39, 0.29) is 12.5 Å². The molecule has 2 aromatic heterocycles. The van der Waals surface area contributed by atoms with Crippen molar-refractivity contribution in [1.82, 2.24) is 19.8 Å². The fraction of sp³-hybridized carbons (Fsp3) is 0.519. The molecule has 192 valence electrons. The van der Waals surface area contributed by atoms with E-state index in [4.69, 9.17) is 26.3 Å². The SMILES string of the molecule is CCN1CCc2c(sc3nc(CC(C)C)nc(N4CCN(C(=O)COc5ccc(Cl)cc5)CC4)c23)C1. The summed E-state index contributed by atoms with van der Waals surface area (Å²) in [7, 11) is 0. The van der Waals surface area contributed by atoms with E-state index >= 15 is 0 Å². The number of hydrogen-bond donors (Lipinski definition) is 0. The van der Waals surface area contributed by atoms with E-state index in [1.807, 2.05) is 16.2 Å². The number of amides is 1. The number of ether oxygens (including phenoxy) is 1. The highest BCUT2D eigenvalue weighted by Gasteiger charge is 2.28. The number of fused-ring (bicyclic) bond motifs is 3. The first-order chi connectivity index (χ1) is 17.4. The van der Waals surface area contributed by atoms with Gasteiger partial charge in [-0.25, -0.2) is 9.97 Å². The zero-order valence-corrected chi connectivity index (χ0v) is 22.9. The molecule has 0 saturated carbocycles. The van der Waals surface area contributed by atoms with Crippen LogP contribution < -0.4 is 9.64 Å². The van der Waals surface area contributed by atoms with Gasteiger partial charge in [-0.3, -0.25) is 9.69 Å². The van der Waals surface area contributed by atoms with Crippen molar-refractivity contribution in [2.75, 3.05) is 50.8 Å². The molecular formula is C27H34ClN5O2S. The quantitative estimate of drug-likeness (QED) is 0.446. The van der Waals surface area contributed by atoms with Crippen LogP contribution in [0.25, 0.3) is 10.2 Å². The number of halogens is 1. The molecule has 0 unspecified atom stereocenters. The average Bonchev–Trinajstić information content (AvgIpc) is 3.24. The summed E-state index contributed by atoms with van der Waals surface area (Å²) in [5, 5.41) is 1.89. The minimum atomic E-state index is 0.00509. The highest BCUT2D eigenvalue weighted by Crippen LogP contribution is 2.39. The van der Waals surface area contributed by atoms with E-state index in [1.165, 1.54) is 15.8 Å². The van der Waals surface area contributed by atoms with Crippen molar-refractivity contribution in [1.29, 1.82) is 0 Å². The van der Waals surface area contributed by atoms with Gasteiger partial charge in [0.05, 0.1) is 5.39 Å². The summed E-state index contributed by atoms with van der Waals surface area (Å²) in [6.07, 6.45) is 1.91. The highest BCUT2D eigenvalue weighted by molar-refractivity contribution is 7.19. The van der Waals surface area contributed by atoms with Crippen LogP contribution in [0.5, 0.6) is 5.75 Å². The van der Waals surface area contributed by atoms with Gasteiger partial charge in [0, 0.05) is 55.6 Å². The van der Waals surface area contributed by atoms with Crippen LogP contribution in [0.3, 0.4) is 0 Å². The molecule has 4 heterocycles. The zero-order chi connectivity index (χ0) is 25.2. The number of anilines is 1. The van der Waals surface area contributed by atoms with Gasteiger partial charge in [-0.1, -0.05) is 32.4 Å². The molecule has 2 aliphatic rings. The van der Waals surface area contributed by atoms with Crippen molar-refractivity contribution < 1.29 is 9.53 Å². The zero-order valence-electron chi connectivity index (χ0n) is 21.3. The Hall–Kier alpha value is -2.42. The fourth-order valence-corrected chi connectivity index (χ4v) is 6.36. The molecule has 1 aromatic carbocycles. The highest BCUT2D eigenvalue weighted by atomic mass is 35.5. The number of carbonyl (C=O) groups excluding carboxylic acids is 1. The largest absolute Gasteiger partial charge is 0.484 e. The van der Waals surface area contributed by atoms with Gasteiger partial charge >= 0.3 is 0 Å². The number of likely N-dealkylation sites (N-methyl/N-ethyl adjacent to an activating group) is 1. The van der Waals surface area contributed by atoms with Gasteiger partial charge in [0.2, 0.25) is 0 Å². The third kappa shape index (κ3) is 5.45. The van der Waals surface area contributed by atoms with Crippen molar-refractivity contribution in [2.24, 2.45) is 5.92 Å². The Bertz CT molecular complexity index is 1220. The van der Waals surface area contributed by atoms with Crippen LogP contribution in [0.1, 0.15) is 37.0 Å². The van der Waals surface area contributed by atoms with Crippen LogP contribution in [0.15, 0.2) is 24.3 Å². The topological polar surface area (TPSA) is 61.8 Å². The third-order valence-electron chi connectivity index (χ3n) is 6.95. The van der Waals surface area contributed by atoms with E-state index in [2.05, 4.69) is 30.6 Å². The van der Waals surface area contributed by atoms with E-state index in [0.717, 1.165) is 62.0 Å². The van der Waals surface area contributed by atoms with Crippen LogP contribution in [0.4, 0.5) is 5.82 Å². The van der Waals surface area contributed by atoms with E-state index in [1.54, 1.807) is 24.3 Å². The summed E-state index contributed by atoms with van der Waals surface area (Å²) >= 11 is 7.77. The van der Waals surface area contributed by atoms with Crippen LogP contribution in [-0.2, 0) is 24.2 Å². The first-order valence-corrected chi connectivity index (χ1v) is 14.0. The Morgan fingerprint density at radius 2 is 1.86 bits per heavy atom. The monoisotopic (exact) mass is 527 g/mol. The molecule has 0 bridgehead atoms. The molecule has 0 atom stereocenters. The van der Waals surface area contributed by atoms with Gasteiger partial charge in [0.25, 0.3) is 5.91 Å². The molecule has 36 heavy (non-hydrogen) atoms. The van der Waals surface area contributed by atoms with Crippen molar-refractivity contribution in [2.45, 2.75) is 40.2 Å². The van der Waals surface area contributed by atoms with Crippen molar-refractivity contribution in [3.05, 3.63) is 45.6 Å². The molecule has 1 fully saturated rings. The standard InChI is InChI=1S/C27H34ClN5O2S/c1-4-31-10-9-21-22(16-31)36-27-25(21)26(29-23(30-27)15-18(2)3)33-13-11-32(12-14-33)24(34)17-35-20-7-5-19(28)6-8-20/h5-8,18H,4,9-17H2,1-3H3. The Labute approximate surface area is 222 Å². The molecule has 0 radical (unpaired) electrons. The fourth-order valence-electron chi connectivity index (χ4n) is 4.96. The summed E-state index contributed by atoms with van der Waals surface area (Å²) in [4.78, 5) is 32.2. The Morgan fingerprint density at radius 1 is 1.11 bits per heavy atom. The van der Waals surface area contributed by atoms with E-state index < -0.39 is 0 Å². The normalized spacial score (nSPS) is 16.6. The Balaban J connectivity index is 1.32.